The molecule has 2 rings (SSSR count). The summed E-state index contributed by atoms with van der Waals surface area (Å²) in [7, 11) is 0. The Bertz CT molecular complexity index is 544. The number of epoxide rings is 1. The normalized spacial score (nSPS) is 36.7. The van der Waals surface area contributed by atoms with Gasteiger partial charge in [-0.2, -0.15) is 0 Å². The highest BCUT2D eigenvalue weighted by Gasteiger charge is 2.64. The van der Waals surface area contributed by atoms with Crippen molar-refractivity contribution in [2.45, 2.75) is 89.9 Å². The number of carbonyl (C=O) groups is 2. The van der Waals surface area contributed by atoms with E-state index in [2.05, 4.69) is 18.8 Å². The molecule has 0 aliphatic carbocycles. The van der Waals surface area contributed by atoms with E-state index in [1.54, 1.807) is 0 Å². The SMILES string of the molecule is C=CCC12CCNC(=O)CCC(C)(C)C(=O)CCC(C)OCCC1(C)O2. The van der Waals surface area contributed by atoms with Gasteiger partial charge in [0.15, 0.2) is 0 Å². The molecule has 2 heterocycles. The number of fused-ring (bicyclic) bond motifs is 1. The van der Waals surface area contributed by atoms with Crippen LogP contribution in [0.2, 0.25) is 0 Å². The Labute approximate surface area is 157 Å². The fourth-order valence-electron chi connectivity index (χ4n) is 3.86. The van der Waals surface area contributed by atoms with Crippen LogP contribution in [0, 0.1) is 5.41 Å². The highest BCUT2D eigenvalue weighted by molar-refractivity contribution is 5.85. The van der Waals surface area contributed by atoms with Crippen molar-refractivity contribution >= 4 is 11.7 Å². The smallest absolute Gasteiger partial charge is 0.220 e. The van der Waals surface area contributed by atoms with Crippen LogP contribution in [0.25, 0.3) is 0 Å². The highest BCUT2D eigenvalue weighted by atomic mass is 16.6. The van der Waals surface area contributed by atoms with Crippen LogP contribution in [0.3, 0.4) is 0 Å². The number of nitrogens with one attached hydrogen (secondary N) is 1. The lowest BCUT2D eigenvalue weighted by Crippen LogP contribution is -2.34. The van der Waals surface area contributed by atoms with Crippen molar-refractivity contribution in [1.29, 1.82) is 0 Å². The summed E-state index contributed by atoms with van der Waals surface area (Å²) in [6, 6.07) is 0. The number of Topliss-reactive ketones (excluding diaryl/α,β-unsaturated/α-hetero) is 1. The molecule has 5 heteroatoms. The molecule has 148 valence electrons. The molecule has 2 saturated heterocycles. The molecule has 0 spiro atoms. The molecule has 0 radical (unpaired) electrons. The van der Waals surface area contributed by atoms with Gasteiger partial charge in [0, 0.05) is 37.8 Å². The van der Waals surface area contributed by atoms with Gasteiger partial charge in [0.1, 0.15) is 11.4 Å². The molecule has 1 N–H and O–H groups in total. The van der Waals surface area contributed by atoms with Gasteiger partial charge in [0.25, 0.3) is 0 Å². The van der Waals surface area contributed by atoms with Gasteiger partial charge in [-0.05, 0) is 39.5 Å². The largest absolute Gasteiger partial charge is 0.378 e. The minimum atomic E-state index is -0.476. The lowest BCUT2D eigenvalue weighted by Gasteiger charge is -2.24. The van der Waals surface area contributed by atoms with Crippen molar-refractivity contribution in [2.75, 3.05) is 13.2 Å². The summed E-state index contributed by atoms with van der Waals surface area (Å²) in [6.45, 7) is 13.0. The Morgan fingerprint density at radius 2 is 1.92 bits per heavy atom. The molecule has 2 fully saturated rings. The fraction of sp³-hybridized carbons (Fsp3) is 0.810. The second kappa shape index (κ2) is 8.22. The van der Waals surface area contributed by atoms with E-state index < -0.39 is 5.41 Å². The van der Waals surface area contributed by atoms with E-state index in [1.807, 2.05) is 26.8 Å². The minimum absolute atomic E-state index is 0.00535. The number of ether oxygens (including phenoxy) is 2. The maximum absolute atomic E-state index is 12.5. The van der Waals surface area contributed by atoms with Crippen LogP contribution in [0.1, 0.15) is 72.6 Å². The van der Waals surface area contributed by atoms with Crippen LogP contribution in [0.4, 0.5) is 0 Å². The van der Waals surface area contributed by atoms with E-state index in [0.29, 0.717) is 38.8 Å². The lowest BCUT2D eigenvalue weighted by molar-refractivity contribution is -0.129. The van der Waals surface area contributed by atoms with Crippen LogP contribution in [0.15, 0.2) is 12.7 Å². The average molecular weight is 366 g/mol. The van der Waals surface area contributed by atoms with Crippen molar-refractivity contribution in [1.82, 2.24) is 5.32 Å². The van der Waals surface area contributed by atoms with Crippen LogP contribution < -0.4 is 5.32 Å². The molecule has 2 aliphatic heterocycles. The number of amides is 1. The van der Waals surface area contributed by atoms with Crippen molar-refractivity contribution in [3.05, 3.63) is 12.7 Å². The van der Waals surface area contributed by atoms with E-state index in [1.165, 1.54) is 0 Å². The zero-order valence-corrected chi connectivity index (χ0v) is 16.9. The molecular formula is C21H35NO4. The highest BCUT2D eigenvalue weighted by Crippen LogP contribution is 2.55. The first-order chi connectivity index (χ1) is 12.1. The van der Waals surface area contributed by atoms with Crippen LogP contribution in [0.5, 0.6) is 0 Å². The van der Waals surface area contributed by atoms with Gasteiger partial charge in [0.2, 0.25) is 5.91 Å². The van der Waals surface area contributed by atoms with Crippen molar-refractivity contribution in [3.8, 4) is 0 Å². The lowest BCUT2D eigenvalue weighted by atomic mass is 9.81. The van der Waals surface area contributed by atoms with E-state index >= 15 is 0 Å². The van der Waals surface area contributed by atoms with Crippen molar-refractivity contribution in [3.63, 3.8) is 0 Å². The van der Waals surface area contributed by atoms with Crippen molar-refractivity contribution in [2.24, 2.45) is 5.41 Å². The predicted molar refractivity (Wildman–Crippen MR) is 102 cm³/mol. The number of carbonyl (C=O) groups excluding carboxylic acids is 2. The van der Waals surface area contributed by atoms with E-state index in [9.17, 15) is 9.59 Å². The summed E-state index contributed by atoms with van der Waals surface area (Å²) in [5.41, 5.74) is -0.960. The van der Waals surface area contributed by atoms with Gasteiger partial charge in [-0.1, -0.05) is 19.9 Å². The first-order valence-electron chi connectivity index (χ1n) is 9.87. The molecule has 5 nitrogen and oxygen atoms in total. The minimum Gasteiger partial charge on any atom is -0.378 e. The number of hydrogen-bond donors (Lipinski definition) is 1. The Hall–Kier alpha value is -1.20. The zero-order valence-electron chi connectivity index (χ0n) is 16.9. The summed E-state index contributed by atoms with van der Waals surface area (Å²) >= 11 is 0. The first-order valence-corrected chi connectivity index (χ1v) is 9.87. The third-order valence-electron chi connectivity index (χ3n) is 6.16. The topological polar surface area (TPSA) is 67.9 Å². The summed E-state index contributed by atoms with van der Waals surface area (Å²) < 4.78 is 12.1. The third-order valence-corrected chi connectivity index (χ3v) is 6.16. The summed E-state index contributed by atoms with van der Waals surface area (Å²) in [6.07, 6.45) is 6.42. The monoisotopic (exact) mass is 365 g/mol. The Morgan fingerprint density at radius 3 is 2.62 bits per heavy atom. The van der Waals surface area contributed by atoms with Gasteiger partial charge < -0.3 is 14.8 Å². The molecule has 0 aromatic rings. The maximum atomic E-state index is 12.5. The third kappa shape index (κ3) is 4.95. The first kappa shape index (κ1) is 21.1. The Balaban J connectivity index is 2.04. The van der Waals surface area contributed by atoms with Gasteiger partial charge in [-0.15, -0.1) is 6.58 Å². The van der Waals surface area contributed by atoms with Crippen molar-refractivity contribution < 1.29 is 19.1 Å². The molecule has 2 aliphatic rings. The maximum Gasteiger partial charge on any atom is 0.220 e. The van der Waals surface area contributed by atoms with E-state index in [0.717, 1.165) is 19.3 Å². The van der Waals surface area contributed by atoms with Crippen LogP contribution >= 0.6 is 0 Å². The second-order valence-corrected chi connectivity index (χ2v) is 8.70. The van der Waals surface area contributed by atoms with E-state index in [4.69, 9.17) is 9.47 Å². The van der Waals surface area contributed by atoms with Crippen LogP contribution in [-0.2, 0) is 19.1 Å². The van der Waals surface area contributed by atoms with Gasteiger partial charge in [0.05, 0.1) is 11.7 Å². The molecule has 3 unspecified atom stereocenters. The molecule has 0 aromatic carbocycles. The van der Waals surface area contributed by atoms with Gasteiger partial charge >= 0.3 is 0 Å². The van der Waals surface area contributed by atoms with Gasteiger partial charge in [-0.25, -0.2) is 0 Å². The second-order valence-electron chi connectivity index (χ2n) is 8.70. The predicted octanol–water partition coefficient (Wildman–Crippen LogP) is 3.56. The molecule has 26 heavy (non-hydrogen) atoms. The zero-order chi connectivity index (χ0) is 19.4. The Kier molecular flexibility index (Phi) is 6.67. The molecule has 0 bridgehead atoms. The Morgan fingerprint density at radius 1 is 1.19 bits per heavy atom. The fourth-order valence-corrected chi connectivity index (χ4v) is 3.86. The number of hydrogen-bond acceptors (Lipinski definition) is 4. The molecular weight excluding hydrogens is 330 g/mol. The standard InChI is InChI=1S/C21H35NO4/c1-6-10-21-12-14-22-18(24)9-11-19(3,4)17(23)8-7-16(2)25-15-13-20(21,5)26-21/h6,16H,1,7-15H2,2-5H3,(H,22,24). The average Bonchev–Trinajstić information content (AvgIpc) is 3.14. The summed E-state index contributed by atoms with van der Waals surface area (Å²) in [4.78, 5) is 24.7. The molecule has 3 atom stereocenters. The quantitative estimate of drug-likeness (QED) is 0.600. The van der Waals surface area contributed by atoms with E-state index in [-0.39, 0.29) is 29.0 Å². The molecule has 0 saturated carbocycles. The van der Waals surface area contributed by atoms with Crippen LogP contribution in [-0.4, -0.2) is 42.1 Å². The number of ketones is 1. The number of rotatable bonds is 2. The molecule has 0 aromatic heterocycles. The molecule has 1 amide bonds. The van der Waals surface area contributed by atoms with Gasteiger partial charge in [-0.3, -0.25) is 9.59 Å². The summed E-state index contributed by atoms with van der Waals surface area (Å²) in [5, 5.41) is 2.99. The summed E-state index contributed by atoms with van der Waals surface area (Å²) in [5.74, 6) is 0.209.